The lowest BCUT2D eigenvalue weighted by molar-refractivity contribution is 0.293. The zero-order valence-electron chi connectivity index (χ0n) is 15.1. The van der Waals surface area contributed by atoms with Gasteiger partial charge in [0.05, 0.1) is 0 Å². The third kappa shape index (κ3) is 6.98. The van der Waals surface area contributed by atoms with Gasteiger partial charge in [0.1, 0.15) is 0 Å². The molecule has 1 saturated heterocycles. The number of halogens is 1. The molecule has 0 aromatic heterocycles. The average Bonchev–Trinajstić information content (AvgIpc) is 2.51. The molecule has 6 heteroatoms. The van der Waals surface area contributed by atoms with Crippen molar-refractivity contribution in [3.63, 3.8) is 0 Å². The van der Waals surface area contributed by atoms with E-state index < -0.39 is 0 Å². The summed E-state index contributed by atoms with van der Waals surface area (Å²) >= 11 is 2.23. The Bertz CT molecular complexity index is 351. The fraction of sp³-hybridized carbons (Fsp3) is 0.941. The summed E-state index contributed by atoms with van der Waals surface area (Å²) in [6.45, 7) is 7.51. The first kappa shape index (κ1) is 21.4. The highest BCUT2D eigenvalue weighted by molar-refractivity contribution is 14.0. The molecule has 0 bridgehead atoms. The van der Waals surface area contributed by atoms with Crippen LogP contribution in [0.3, 0.4) is 0 Å². The van der Waals surface area contributed by atoms with Gasteiger partial charge in [0.25, 0.3) is 0 Å². The lowest BCUT2D eigenvalue weighted by Crippen LogP contribution is -2.53. The summed E-state index contributed by atoms with van der Waals surface area (Å²) < 4.78 is 0.510. The number of rotatable bonds is 5. The van der Waals surface area contributed by atoms with Crippen LogP contribution in [0, 0.1) is 0 Å². The second-order valence-electron chi connectivity index (χ2n) is 6.91. The Morgan fingerprint density at radius 2 is 2.00 bits per heavy atom. The molecule has 136 valence electrons. The van der Waals surface area contributed by atoms with Crippen molar-refractivity contribution in [2.24, 2.45) is 4.99 Å². The van der Waals surface area contributed by atoms with E-state index in [4.69, 9.17) is 4.99 Å². The summed E-state index contributed by atoms with van der Waals surface area (Å²) in [5.74, 6) is 2.40. The molecule has 0 amide bonds. The van der Waals surface area contributed by atoms with E-state index in [9.17, 15) is 0 Å². The van der Waals surface area contributed by atoms with Gasteiger partial charge in [0, 0.05) is 36.7 Å². The Balaban J connectivity index is 0.00000264. The molecule has 1 spiro atoms. The topological polar surface area (TPSA) is 30.9 Å². The maximum atomic E-state index is 4.88. The van der Waals surface area contributed by atoms with Gasteiger partial charge in [-0.2, -0.15) is 11.8 Å². The highest BCUT2D eigenvalue weighted by Gasteiger charge is 2.38. The van der Waals surface area contributed by atoms with Crippen LogP contribution >= 0.6 is 35.7 Å². The predicted molar refractivity (Wildman–Crippen MR) is 114 cm³/mol. The van der Waals surface area contributed by atoms with Crippen LogP contribution in [0.15, 0.2) is 4.99 Å². The highest BCUT2D eigenvalue weighted by Crippen LogP contribution is 2.42. The third-order valence-electron chi connectivity index (χ3n) is 4.67. The molecular formula is C17H35IN4S. The highest BCUT2D eigenvalue weighted by atomic mass is 127. The fourth-order valence-corrected chi connectivity index (χ4v) is 5.09. The lowest BCUT2D eigenvalue weighted by atomic mass is 9.87. The van der Waals surface area contributed by atoms with Crippen LogP contribution in [0.2, 0.25) is 0 Å². The first-order chi connectivity index (χ1) is 10.7. The van der Waals surface area contributed by atoms with E-state index in [1.54, 1.807) is 0 Å². The van der Waals surface area contributed by atoms with Gasteiger partial charge in [-0.05, 0) is 46.8 Å². The molecule has 0 aromatic rings. The van der Waals surface area contributed by atoms with Gasteiger partial charge in [0.15, 0.2) is 5.96 Å². The number of aliphatic imine (C=N–C) groups is 1. The van der Waals surface area contributed by atoms with Crippen LogP contribution in [-0.4, -0.2) is 73.1 Å². The molecule has 0 unspecified atom stereocenters. The zero-order chi connectivity index (χ0) is 15.8. The molecule has 0 radical (unpaired) electrons. The fourth-order valence-electron chi connectivity index (χ4n) is 3.52. The molecular weight excluding hydrogens is 419 g/mol. The van der Waals surface area contributed by atoms with Crippen LogP contribution in [0.25, 0.3) is 0 Å². The number of hydrogen-bond donors (Lipinski definition) is 1. The molecule has 4 nitrogen and oxygen atoms in total. The Labute approximate surface area is 164 Å². The van der Waals surface area contributed by atoms with Gasteiger partial charge in [-0.1, -0.05) is 19.3 Å². The second-order valence-corrected chi connectivity index (χ2v) is 8.47. The minimum atomic E-state index is 0. The van der Waals surface area contributed by atoms with E-state index in [2.05, 4.69) is 47.9 Å². The third-order valence-corrected chi connectivity index (χ3v) is 6.21. The molecule has 2 rings (SSSR count). The van der Waals surface area contributed by atoms with E-state index in [-0.39, 0.29) is 24.0 Å². The predicted octanol–water partition coefficient (Wildman–Crippen LogP) is 3.27. The molecule has 0 atom stereocenters. The molecule has 1 heterocycles. The Hall–Kier alpha value is 0.310. The van der Waals surface area contributed by atoms with Crippen molar-refractivity contribution in [3.05, 3.63) is 0 Å². The number of guanidine groups is 1. The summed E-state index contributed by atoms with van der Waals surface area (Å²) in [6, 6.07) is 0. The summed E-state index contributed by atoms with van der Waals surface area (Å²) in [5.41, 5.74) is 0. The quantitative estimate of drug-likeness (QED) is 0.299. The van der Waals surface area contributed by atoms with Crippen molar-refractivity contribution < 1.29 is 0 Å². The molecule has 1 aliphatic heterocycles. The van der Waals surface area contributed by atoms with Crippen LogP contribution in [0.5, 0.6) is 0 Å². The number of nitrogens with one attached hydrogen (secondary N) is 1. The van der Waals surface area contributed by atoms with E-state index in [0.29, 0.717) is 4.75 Å². The van der Waals surface area contributed by atoms with Gasteiger partial charge in [0.2, 0.25) is 0 Å². The summed E-state index contributed by atoms with van der Waals surface area (Å²) in [4.78, 5) is 9.64. The van der Waals surface area contributed by atoms with E-state index >= 15 is 0 Å². The van der Waals surface area contributed by atoms with E-state index in [1.807, 2.05) is 0 Å². The van der Waals surface area contributed by atoms with Crippen LogP contribution in [-0.2, 0) is 0 Å². The molecule has 2 aliphatic rings. The first-order valence-corrected chi connectivity index (χ1v) is 9.96. The lowest BCUT2D eigenvalue weighted by Gasteiger charge is -2.45. The number of thioether (sulfide) groups is 1. The molecule has 1 aliphatic carbocycles. The second kappa shape index (κ2) is 11.0. The Kier molecular flexibility index (Phi) is 10.2. The average molecular weight is 454 g/mol. The van der Waals surface area contributed by atoms with Crippen molar-refractivity contribution in [2.75, 3.05) is 52.6 Å². The van der Waals surface area contributed by atoms with Gasteiger partial charge in [-0.15, -0.1) is 24.0 Å². The van der Waals surface area contributed by atoms with Gasteiger partial charge in [-0.25, -0.2) is 0 Å². The summed E-state index contributed by atoms with van der Waals surface area (Å²) in [5, 5.41) is 3.52. The van der Waals surface area contributed by atoms with Crippen molar-refractivity contribution in [3.8, 4) is 0 Å². The van der Waals surface area contributed by atoms with Crippen LogP contribution in [0.4, 0.5) is 0 Å². The molecule has 0 aromatic carbocycles. The standard InChI is InChI=1S/C17H34N4S.HI/c1-4-18-16(19-11-8-12-20(2)3)21-13-14-22-17(15-21)9-6-5-7-10-17;/h4-15H2,1-3H3,(H,18,19);1H. The van der Waals surface area contributed by atoms with Crippen LogP contribution in [0.1, 0.15) is 45.4 Å². The normalized spacial score (nSPS) is 21.4. The van der Waals surface area contributed by atoms with Gasteiger partial charge in [-0.3, -0.25) is 4.99 Å². The number of nitrogens with zero attached hydrogens (tertiary/aromatic N) is 3. The van der Waals surface area contributed by atoms with E-state index in [1.165, 1.54) is 44.4 Å². The molecule has 1 N–H and O–H groups in total. The van der Waals surface area contributed by atoms with Crippen molar-refractivity contribution in [1.29, 1.82) is 0 Å². The molecule has 1 saturated carbocycles. The largest absolute Gasteiger partial charge is 0.357 e. The smallest absolute Gasteiger partial charge is 0.193 e. The molecule has 23 heavy (non-hydrogen) atoms. The molecule has 2 fully saturated rings. The number of hydrogen-bond acceptors (Lipinski definition) is 3. The SMILES string of the molecule is CCNC(=NCCCN(C)C)N1CCSC2(CCCCC2)C1.I. The summed E-state index contributed by atoms with van der Waals surface area (Å²) in [7, 11) is 4.26. The Morgan fingerprint density at radius 3 is 2.65 bits per heavy atom. The minimum Gasteiger partial charge on any atom is -0.357 e. The van der Waals surface area contributed by atoms with Gasteiger partial charge >= 0.3 is 0 Å². The first-order valence-electron chi connectivity index (χ1n) is 8.97. The van der Waals surface area contributed by atoms with Crippen LogP contribution < -0.4 is 5.32 Å². The van der Waals surface area contributed by atoms with Crippen molar-refractivity contribution in [2.45, 2.75) is 50.2 Å². The van der Waals surface area contributed by atoms with Gasteiger partial charge < -0.3 is 15.1 Å². The van der Waals surface area contributed by atoms with Crippen molar-refractivity contribution in [1.82, 2.24) is 15.1 Å². The monoisotopic (exact) mass is 454 g/mol. The van der Waals surface area contributed by atoms with Crippen molar-refractivity contribution >= 4 is 41.7 Å². The zero-order valence-corrected chi connectivity index (χ0v) is 18.3. The Morgan fingerprint density at radius 1 is 1.26 bits per heavy atom. The maximum Gasteiger partial charge on any atom is 0.193 e. The van der Waals surface area contributed by atoms with E-state index in [0.717, 1.165) is 38.6 Å². The maximum absolute atomic E-state index is 4.88. The minimum absolute atomic E-state index is 0. The summed E-state index contributed by atoms with van der Waals surface area (Å²) in [6.07, 6.45) is 8.19.